The maximum atomic E-state index is 12.7. The van der Waals surface area contributed by atoms with Crippen LogP contribution < -0.4 is 0 Å². The molecule has 0 saturated carbocycles. The van der Waals surface area contributed by atoms with Crippen molar-refractivity contribution >= 4 is 18.0 Å². The van der Waals surface area contributed by atoms with E-state index in [1.165, 1.54) is 0 Å². The number of nitrogens with zero attached hydrogens (tertiary/aromatic N) is 1. The van der Waals surface area contributed by atoms with Crippen LogP contribution in [0, 0.1) is 11.8 Å². The van der Waals surface area contributed by atoms with Gasteiger partial charge in [-0.3, -0.25) is 9.59 Å². The van der Waals surface area contributed by atoms with Gasteiger partial charge in [-0.05, 0) is 46.5 Å². The molecule has 0 spiro atoms. The van der Waals surface area contributed by atoms with Gasteiger partial charge in [0.1, 0.15) is 12.2 Å². The number of imide groups is 1. The summed E-state index contributed by atoms with van der Waals surface area (Å²) >= 11 is 0. The van der Waals surface area contributed by atoms with Gasteiger partial charge in [0.2, 0.25) is 5.91 Å². The molecule has 6 nitrogen and oxygen atoms in total. The van der Waals surface area contributed by atoms with Crippen molar-refractivity contribution in [1.82, 2.24) is 4.90 Å². The number of rotatable bonds is 2. The van der Waals surface area contributed by atoms with Crippen LogP contribution in [0.4, 0.5) is 4.79 Å². The fourth-order valence-corrected chi connectivity index (χ4v) is 2.91. The van der Waals surface area contributed by atoms with E-state index in [-0.39, 0.29) is 25.0 Å². The van der Waals surface area contributed by atoms with Gasteiger partial charge in [-0.25, -0.2) is 9.69 Å². The lowest BCUT2D eigenvalue weighted by Gasteiger charge is -2.30. The Morgan fingerprint density at radius 3 is 2.61 bits per heavy atom. The first-order chi connectivity index (χ1) is 10.8. The average molecular weight is 323 g/mol. The van der Waals surface area contributed by atoms with Gasteiger partial charge in [-0.15, -0.1) is 0 Å². The summed E-state index contributed by atoms with van der Waals surface area (Å²) in [5.74, 6) is -1.80. The minimum absolute atomic E-state index is 0.213. The Balaban J connectivity index is 2.20. The first-order valence-corrected chi connectivity index (χ1v) is 8.15. The minimum atomic E-state index is -0.621. The Labute approximate surface area is 136 Å². The predicted octanol–water partition coefficient (Wildman–Crippen LogP) is 2.67. The lowest BCUT2D eigenvalue weighted by Crippen LogP contribution is -2.43. The molecule has 0 aromatic carbocycles. The molecule has 0 aromatic heterocycles. The van der Waals surface area contributed by atoms with Crippen molar-refractivity contribution < 1.29 is 23.9 Å². The second-order valence-corrected chi connectivity index (χ2v) is 6.99. The molecule has 0 radical (unpaired) electrons. The molecule has 2 amide bonds. The van der Waals surface area contributed by atoms with Crippen LogP contribution in [-0.2, 0) is 19.1 Å². The monoisotopic (exact) mass is 323 g/mol. The topological polar surface area (TPSA) is 72.9 Å². The molecule has 1 heterocycles. The molecule has 0 bridgehead atoms. The predicted molar refractivity (Wildman–Crippen MR) is 83.5 cm³/mol. The fraction of sp³-hybridized carbons (Fsp3) is 0.706. The van der Waals surface area contributed by atoms with Crippen LogP contribution in [0.1, 0.15) is 46.5 Å². The number of carbonyl (C=O) groups is 3. The molecule has 0 N–H and O–H groups in total. The van der Waals surface area contributed by atoms with Crippen molar-refractivity contribution in [2.45, 2.75) is 52.1 Å². The van der Waals surface area contributed by atoms with Crippen molar-refractivity contribution in [2.75, 3.05) is 13.2 Å². The number of hydrogen-bond acceptors (Lipinski definition) is 5. The summed E-state index contributed by atoms with van der Waals surface area (Å²) in [5.41, 5.74) is -0.602. The molecule has 6 heteroatoms. The molecule has 0 unspecified atom stereocenters. The highest BCUT2D eigenvalue weighted by atomic mass is 16.6. The van der Waals surface area contributed by atoms with Crippen molar-refractivity contribution in [3.63, 3.8) is 0 Å². The van der Waals surface area contributed by atoms with Crippen LogP contribution in [0.5, 0.6) is 0 Å². The number of esters is 1. The van der Waals surface area contributed by atoms with E-state index in [1.54, 1.807) is 0 Å². The molecule has 128 valence electrons. The second kappa shape index (κ2) is 7.15. The van der Waals surface area contributed by atoms with E-state index in [4.69, 9.17) is 9.47 Å². The van der Waals surface area contributed by atoms with E-state index in [0.29, 0.717) is 12.8 Å². The second-order valence-electron chi connectivity index (χ2n) is 6.99. The summed E-state index contributed by atoms with van der Waals surface area (Å²) in [6, 6.07) is 0. The van der Waals surface area contributed by atoms with Gasteiger partial charge < -0.3 is 9.47 Å². The molecule has 2 atom stereocenters. The van der Waals surface area contributed by atoms with Gasteiger partial charge in [0.15, 0.2) is 0 Å². The van der Waals surface area contributed by atoms with E-state index in [2.05, 4.69) is 0 Å². The van der Waals surface area contributed by atoms with E-state index in [1.807, 2.05) is 32.9 Å². The smallest absolute Gasteiger partial charge is 0.416 e. The molecule has 1 saturated heterocycles. The zero-order chi connectivity index (χ0) is 17.0. The normalized spacial score (nSPS) is 26.9. The third-order valence-corrected chi connectivity index (χ3v) is 3.98. The van der Waals surface area contributed by atoms with Crippen molar-refractivity contribution in [3.8, 4) is 0 Å². The van der Waals surface area contributed by atoms with Gasteiger partial charge in [-0.2, -0.15) is 0 Å². The third kappa shape index (κ3) is 4.56. The Bertz CT molecular complexity index is 506. The van der Waals surface area contributed by atoms with E-state index < -0.39 is 23.5 Å². The summed E-state index contributed by atoms with van der Waals surface area (Å²) in [7, 11) is 0. The summed E-state index contributed by atoms with van der Waals surface area (Å²) < 4.78 is 10.3. The Morgan fingerprint density at radius 1 is 1.26 bits per heavy atom. The quantitative estimate of drug-likeness (QED) is 0.577. The highest BCUT2D eigenvalue weighted by molar-refractivity contribution is 5.96. The molecule has 1 aliphatic heterocycles. The first-order valence-electron chi connectivity index (χ1n) is 8.15. The summed E-state index contributed by atoms with van der Waals surface area (Å²) in [6.07, 6.45) is 6.03. The van der Waals surface area contributed by atoms with Crippen molar-refractivity contribution in [3.05, 3.63) is 12.2 Å². The first kappa shape index (κ1) is 17.5. The number of cyclic esters (lactones) is 1. The fourth-order valence-electron chi connectivity index (χ4n) is 2.91. The van der Waals surface area contributed by atoms with Gasteiger partial charge in [0.25, 0.3) is 0 Å². The standard InChI is InChI=1S/C17H25NO5/c1-17(2,3)23-15(20)13-9-7-5-4-6-8-12(13)14(19)18-10-11-22-16(18)21/h4,6,12-13H,5,7-11H2,1-3H3/b6-4-/t12-,13-/m1/s1. The van der Waals surface area contributed by atoms with Crippen LogP contribution in [0.2, 0.25) is 0 Å². The summed E-state index contributed by atoms with van der Waals surface area (Å²) in [5, 5.41) is 0. The van der Waals surface area contributed by atoms with E-state index in [9.17, 15) is 14.4 Å². The lowest BCUT2D eigenvalue weighted by atomic mass is 9.82. The van der Waals surface area contributed by atoms with E-state index in [0.717, 1.165) is 17.7 Å². The summed E-state index contributed by atoms with van der Waals surface area (Å²) in [4.78, 5) is 38.1. The number of amides is 2. The molecule has 0 aromatic rings. The van der Waals surface area contributed by atoms with Crippen LogP contribution >= 0.6 is 0 Å². The zero-order valence-corrected chi connectivity index (χ0v) is 14.0. The van der Waals surface area contributed by atoms with Crippen LogP contribution in [0.3, 0.4) is 0 Å². The molecule has 1 aliphatic carbocycles. The number of hydrogen-bond donors (Lipinski definition) is 0. The molecular formula is C17H25NO5. The highest BCUT2D eigenvalue weighted by Crippen LogP contribution is 2.30. The Hall–Kier alpha value is -1.85. The molecule has 2 rings (SSSR count). The molecule has 1 fully saturated rings. The van der Waals surface area contributed by atoms with Crippen LogP contribution in [-0.4, -0.2) is 41.6 Å². The Morgan fingerprint density at radius 2 is 2.00 bits per heavy atom. The van der Waals surface area contributed by atoms with Gasteiger partial charge in [0.05, 0.1) is 18.4 Å². The third-order valence-electron chi connectivity index (χ3n) is 3.98. The maximum absolute atomic E-state index is 12.7. The average Bonchev–Trinajstić information content (AvgIpc) is 2.82. The number of carbonyl (C=O) groups excluding carboxylic acids is 3. The van der Waals surface area contributed by atoms with Gasteiger partial charge in [-0.1, -0.05) is 12.2 Å². The Kier molecular flexibility index (Phi) is 5.44. The van der Waals surface area contributed by atoms with Gasteiger partial charge in [0, 0.05) is 0 Å². The molecule has 2 aliphatic rings. The lowest BCUT2D eigenvalue weighted by molar-refractivity contribution is -0.165. The van der Waals surface area contributed by atoms with Crippen molar-refractivity contribution in [1.29, 1.82) is 0 Å². The summed E-state index contributed by atoms with van der Waals surface area (Å²) in [6.45, 7) is 5.89. The molecular weight excluding hydrogens is 298 g/mol. The molecule has 23 heavy (non-hydrogen) atoms. The van der Waals surface area contributed by atoms with Crippen LogP contribution in [0.25, 0.3) is 0 Å². The largest absolute Gasteiger partial charge is 0.460 e. The minimum Gasteiger partial charge on any atom is -0.460 e. The number of allylic oxidation sites excluding steroid dienone is 2. The SMILES string of the molecule is CC(C)(C)OC(=O)[C@@H]1CCC/C=C\C[C@H]1C(=O)N1CCOC1=O. The zero-order valence-electron chi connectivity index (χ0n) is 14.0. The highest BCUT2D eigenvalue weighted by Gasteiger charge is 2.41. The van der Waals surface area contributed by atoms with Gasteiger partial charge >= 0.3 is 12.1 Å². The maximum Gasteiger partial charge on any atom is 0.416 e. The van der Waals surface area contributed by atoms with Crippen molar-refractivity contribution in [2.24, 2.45) is 11.8 Å². The number of ether oxygens (including phenoxy) is 2. The van der Waals surface area contributed by atoms with Crippen LogP contribution in [0.15, 0.2) is 12.2 Å². The van der Waals surface area contributed by atoms with E-state index >= 15 is 0 Å².